The molecular formula is C22H30N4O3. The van der Waals surface area contributed by atoms with Crippen LogP contribution in [0.2, 0.25) is 0 Å². The zero-order valence-corrected chi connectivity index (χ0v) is 17.3. The van der Waals surface area contributed by atoms with Crippen molar-refractivity contribution < 1.29 is 9.53 Å². The van der Waals surface area contributed by atoms with Crippen molar-refractivity contribution in [2.75, 3.05) is 6.61 Å². The van der Waals surface area contributed by atoms with Crippen molar-refractivity contribution in [3.8, 4) is 5.75 Å². The molecule has 7 heteroatoms. The van der Waals surface area contributed by atoms with E-state index in [0.29, 0.717) is 31.0 Å². The van der Waals surface area contributed by atoms with Crippen molar-refractivity contribution in [2.24, 2.45) is 5.92 Å². The van der Waals surface area contributed by atoms with Crippen LogP contribution < -0.4 is 15.7 Å². The summed E-state index contributed by atoms with van der Waals surface area (Å²) in [7, 11) is 0. The average molecular weight is 399 g/mol. The summed E-state index contributed by atoms with van der Waals surface area (Å²) in [5.41, 5.74) is 1.75. The highest BCUT2D eigenvalue weighted by molar-refractivity contribution is 5.94. The van der Waals surface area contributed by atoms with Crippen LogP contribution in [0.3, 0.4) is 0 Å². The summed E-state index contributed by atoms with van der Waals surface area (Å²) in [4.78, 5) is 25.4. The van der Waals surface area contributed by atoms with Gasteiger partial charge in [0, 0.05) is 31.1 Å². The highest BCUT2D eigenvalue weighted by atomic mass is 16.5. The number of carbonyl (C=O) groups is 1. The first-order chi connectivity index (χ1) is 14.0. The highest BCUT2D eigenvalue weighted by Gasteiger charge is 2.23. The minimum atomic E-state index is -0.0581. The highest BCUT2D eigenvalue weighted by Crippen LogP contribution is 2.25. The molecule has 2 aromatic rings. The molecule has 0 aliphatic carbocycles. The number of aryl methyl sites for hydroxylation is 3. The summed E-state index contributed by atoms with van der Waals surface area (Å²) in [5.74, 6) is 2.21. The van der Waals surface area contributed by atoms with Gasteiger partial charge in [0.1, 0.15) is 11.6 Å². The SMILES string of the molecule is CC(C)CCn1nc2n(c1=O)CCC(NC(=O)c1ccc3c(c1)CCCO3)CC2. The van der Waals surface area contributed by atoms with E-state index >= 15 is 0 Å². The maximum atomic E-state index is 12.8. The van der Waals surface area contributed by atoms with E-state index in [-0.39, 0.29) is 17.6 Å². The van der Waals surface area contributed by atoms with Gasteiger partial charge in [0.05, 0.1) is 6.61 Å². The smallest absolute Gasteiger partial charge is 0.345 e. The van der Waals surface area contributed by atoms with Gasteiger partial charge >= 0.3 is 5.69 Å². The van der Waals surface area contributed by atoms with Gasteiger partial charge in [-0.25, -0.2) is 9.48 Å². The monoisotopic (exact) mass is 398 g/mol. The maximum absolute atomic E-state index is 12.8. The van der Waals surface area contributed by atoms with Gasteiger partial charge in [-0.2, -0.15) is 5.10 Å². The quantitative estimate of drug-likeness (QED) is 0.840. The van der Waals surface area contributed by atoms with Crippen LogP contribution >= 0.6 is 0 Å². The molecule has 7 nitrogen and oxygen atoms in total. The number of fused-ring (bicyclic) bond motifs is 2. The molecule has 0 saturated heterocycles. The van der Waals surface area contributed by atoms with E-state index < -0.39 is 0 Å². The molecule has 2 aliphatic rings. The number of carbonyl (C=O) groups excluding carboxylic acids is 1. The van der Waals surface area contributed by atoms with Gasteiger partial charge in [0.25, 0.3) is 5.91 Å². The fraction of sp³-hybridized carbons (Fsp3) is 0.591. The number of nitrogens with zero attached hydrogens (tertiary/aromatic N) is 3. The summed E-state index contributed by atoms with van der Waals surface area (Å²) in [6, 6.07) is 5.71. The molecule has 3 heterocycles. The second-order valence-electron chi connectivity index (χ2n) is 8.53. The number of hydrogen-bond donors (Lipinski definition) is 1. The van der Waals surface area contributed by atoms with Crippen molar-refractivity contribution in [1.82, 2.24) is 19.7 Å². The van der Waals surface area contributed by atoms with Crippen LogP contribution in [0.25, 0.3) is 0 Å². The molecule has 2 aliphatic heterocycles. The normalized spacial score (nSPS) is 18.5. The largest absolute Gasteiger partial charge is 0.493 e. The van der Waals surface area contributed by atoms with Gasteiger partial charge in [-0.15, -0.1) is 0 Å². The molecular weight excluding hydrogens is 368 g/mol. The third-order valence-electron chi connectivity index (χ3n) is 5.84. The van der Waals surface area contributed by atoms with Gasteiger partial charge in [0.2, 0.25) is 0 Å². The molecule has 1 amide bonds. The molecule has 1 aromatic carbocycles. The van der Waals surface area contributed by atoms with E-state index in [4.69, 9.17) is 4.74 Å². The van der Waals surface area contributed by atoms with Crippen molar-refractivity contribution >= 4 is 5.91 Å². The third kappa shape index (κ3) is 4.38. The van der Waals surface area contributed by atoms with Gasteiger partial charge in [-0.05, 0) is 61.8 Å². The summed E-state index contributed by atoms with van der Waals surface area (Å²) in [6.45, 7) is 6.30. The van der Waals surface area contributed by atoms with Crippen molar-refractivity contribution in [3.63, 3.8) is 0 Å². The van der Waals surface area contributed by atoms with Gasteiger partial charge in [0.15, 0.2) is 0 Å². The number of aromatic nitrogens is 3. The molecule has 29 heavy (non-hydrogen) atoms. The molecule has 1 atom stereocenters. The van der Waals surface area contributed by atoms with Gasteiger partial charge in [-0.3, -0.25) is 9.36 Å². The number of nitrogens with one attached hydrogen (secondary N) is 1. The topological polar surface area (TPSA) is 78.2 Å². The van der Waals surface area contributed by atoms with Gasteiger partial charge < -0.3 is 10.1 Å². The molecule has 0 spiro atoms. The Kier molecular flexibility index (Phi) is 5.74. The number of rotatable bonds is 5. The first kappa shape index (κ1) is 19.7. The zero-order valence-electron chi connectivity index (χ0n) is 17.3. The van der Waals surface area contributed by atoms with E-state index in [9.17, 15) is 9.59 Å². The van der Waals surface area contributed by atoms with E-state index in [0.717, 1.165) is 55.8 Å². The first-order valence-corrected chi connectivity index (χ1v) is 10.7. The van der Waals surface area contributed by atoms with E-state index in [2.05, 4.69) is 24.3 Å². The predicted octanol–water partition coefficient (Wildman–Crippen LogP) is 2.55. The number of ether oxygens (including phenoxy) is 1. The lowest BCUT2D eigenvalue weighted by Gasteiger charge is -2.19. The van der Waals surface area contributed by atoms with Gasteiger partial charge in [-0.1, -0.05) is 13.8 Å². The van der Waals surface area contributed by atoms with Crippen LogP contribution in [-0.2, 0) is 25.9 Å². The number of hydrogen-bond acceptors (Lipinski definition) is 4. The summed E-state index contributed by atoms with van der Waals surface area (Å²) >= 11 is 0. The summed E-state index contributed by atoms with van der Waals surface area (Å²) < 4.78 is 9.01. The van der Waals surface area contributed by atoms with Crippen molar-refractivity contribution in [1.29, 1.82) is 0 Å². The van der Waals surface area contributed by atoms with Crippen LogP contribution in [0.5, 0.6) is 5.75 Å². The fourth-order valence-corrected chi connectivity index (χ4v) is 4.07. The standard InChI is InChI=1S/C22H30N4O3/c1-15(2)9-12-26-22(28)25-11-10-18(6-8-20(25)24-26)23-21(27)17-5-7-19-16(14-17)4-3-13-29-19/h5,7,14-15,18H,3-4,6,8-13H2,1-2H3,(H,23,27). The summed E-state index contributed by atoms with van der Waals surface area (Å²) in [6.07, 6.45) is 5.11. The van der Waals surface area contributed by atoms with E-state index in [1.165, 1.54) is 0 Å². The Hall–Kier alpha value is -2.57. The van der Waals surface area contributed by atoms with Crippen LogP contribution in [-0.4, -0.2) is 32.9 Å². The molecule has 1 N–H and O–H groups in total. The molecule has 0 bridgehead atoms. The molecule has 0 radical (unpaired) electrons. The van der Waals surface area contributed by atoms with E-state index in [1.54, 1.807) is 9.25 Å². The Morgan fingerprint density at radius 1 is 1.31 bits per heavy atom. The van der Waals surface area contributed by atoms with Crippen LogP contribution in [0, 0.1) is 5.92 Å². The molecule has 156 valence electrons. The minimum Gasteiger partial charge on any atom is -0.493 e. The van der Waals surface area contributed by atoms with Crippen molar-refractivity contribution in [3.05, 3.63) is 45.6 Å². The zero-order chi connectivity index (χ0) is 20.4. The Morgan fingerprint density at radius 2 is 2.17 bits per heavy atom. The molecule has 0 saturated carbocycles. The summed E-state index contributed by atoms with van der Waals surface area (Å²) in [5, 5.41) is 7.69. The van der Waals surface area contributed by atoms with Crippen LogP contribution in [0.15, 0.2) is 23.0 Å². The second-order valence-corrected chi connectivity index (χ2v) is 8.53. The molecule has 1 unspecified atom stereocenters. The maximum Gasteiger partial charge on any atom is 0.345 e. The number of benzene rings is 1. The Labute approximate surface area is 171 Å². The number of amides is 1. The Morgan fingerprint density at radius 3 is 3.00 bits per heavy atom. The lowest BCUT2D eigenvalue weighted by Crippen LogP contribution is -2.36. The second kappa shape index (κ2) is 8.43. The van der Waals surface area contributed by atoms with Crippen molar-refractivity contribution in [2.45, 2.75) is 71.5 Å². The van der Waals surface area contributed by atoms with E-state index in [1.807, 2.05) is 18.2 Å². The fourth-order valence-electron chi connectivity index (χ4n) is 4.07. The predicted molar refractivity (Wildman–Crippen MR) is 110 cm³/mol. The third-order valence-corrected chi connectivity index (χ3v) is 5.84. The molecule has 1 aromatic heterocycles. The Balaban J connectivity index is 1.39. The molecule has 4 rings (SSSR count). The lowest BCUT2D eigenvalue weighted by atomic mass is 10.0. The molecule has 0 fully saturated rings. The lowest BCUT2D eigenvalue weighted by molar-refractivity contribution is 0.0932. The van der Waals surface area contributed by atoms with Crippen LogP contribution in [0.4, 0.5) is 0 Å². The Bertz CT molecular complexity index is 944. The first-order valence-electron chi connectivity index (χ1n) is 10.7. The average Bonchev–Trinajstić information content (AvgIpc) is 2.88. The minimum absolute atomic E-state index is 0.0256. The van der Waals surface area contributed by atoms with Crippen LogP contribution in [0.1, 0.15) is 61.3 Å².